The molecule has 0 aliphatic carbocycles. The average Bonchev–Trinajstić information content (AvgIpc) is 2.61. The van der Waals surface area contributed by atoms with E-state index in [0.717, 1.165) is 11.3 Å². The molecule has 1 amide bonds. The largest absolute Gasteiger partial charge is 0.366 e. The highest BCUT2D eigenvalue weighted by molar-refractivity contribution is 6.31. The molecule has 0 atom stereocenters. The summed E-state index contributed by atoms with van der Waals surface area (Å²) in [4.78, 5) is 19.6. The van der Waals surface area contributed by atoms with E-state index in [-0.39, 0.29) is 5.91 Å². The van der Waals surface area contributed by atoms with Gasteiger partial charge in [-0.25, -0.2) is 9.97 Å². The Morgan fingerprint density at radius 2 is 1.77 bits per heavy atom. The van der Waals surface area contributed by atoms with Crippen molar-refractivity contribution in [3.63, 3.8) is 0 Å². The molecule has 0 aliphatic heterocycles. The molecule has 1 heterocycles. The number of halogens is 1. The molecular formula is C19H18ClN5O. The van der Waals surface area contributed by atoms with Crippen molar-refractivity contribution in [1.29, 1.82) is 0 Å². The van der Waals surface area contributed by atoms with Gasteiger partial charge in [0.1, 0.15) is 18.0 Å². The van der Waals surface area contributed by atoms with Crippen molar-refractivity contribution < 1.29 is 4.79 Å². The van der Waals surface area contributed by atoms with E-state index in [0.29, 0.717) is 28.9 Å². The molecule has 6 nitrogen and oxygen atoms in total. The van der Waals surface area contributed by atoms with Crippen molar-refractivity contribution in [3.05, 3.63) is 71.5 Å². The van der Waals surface area contributed by atoms with Gasteiger partial charge < -0.3 is 16.0 Å². The molecule has 0 aliphatic rings. The van der Waals surface area contributed by atoms with Gasteiger partial charge in [-0.2, -0.15) is 0 Å². The second-order valence-electron chi connectivity index (χ2n) is 5.62. The lowest BCUT2D eigenvalue weighted by atomic mass is 10.2. The Morgan fingerprint density at radius 3 is 2.58 bits per heavy atom. The molecule has 1 aromatic heterocycles. The molecule has 0 saturated heterocycles. The monoisotopic (exact) mass is 367 g/mol. The highest BCUT2D eigenvalue weighted by Crippen LogP contribution is 2.21. The molecule has 26 heavy (non-hydrogen) atoms. The van der Waals surface area contributed by atoms with E-state index >= 15 is 0 Å². The molecule has 0 radical (unpaired) electrons. The maximum atomic E-state index is 11.2. The van der Waals surface area contributed by atoms with E-state index in [1.807, 2.05) is 54.6 Å². The molecule has 0 saturated carbocycles. The molecule has 3 N–H and O–H groups in total. The molecular weight excluding hydrogens is 350 g/mol. The molecule has 0 fully saturated rings. The predicted molar refractivity (Wildman–Crippen MR) is 105 cm³/mol. The maximum Gasteiger partial charge on any atom is 0.221 e. The van der Waals surface area contributed by atoms with Crippen LogP contribution in [0.15, 0.2) is 60.9 Å². The zero-order valence-electron chi connectivity index (χ0n) is 14.2. The van der Waals surface area contributed by atoms with Crippen LogP contribution in [0.4, 0.5) is 23.0 Å². The Hall–Kier alpha value is -3.12. The third kappa shape index (κ3) is 4.94. The summed E-state index contributed by atoms with van der Waals surface area (Å²) in [5.74, 6) is 1.21. The van der Waals surface area contributed by atoms with E-state index in [2.05, 4.69) is 25.9 Å². The number of carbonyl (C=O) groups is 1. The fourth-order valence-electron chi connectivity index (χ4n) is 2.38. The van der Waals surface area contributed by atoms with Crippen LogP contribution in [0.25, 0.3) is 0 Å². The van der Waals surface area contributed by atoms with E-state index in [1.54, 1.807) is 0 Å². The molecule has 0 spiro atoms. The van der Waals surface area contributed by atoms with Crippen LogP contribution in [0.5, 0.6) is 0 Å². The minimum atomic E-state index is -0.116. The Morgan fingerprint density at radius 1 is 1.00 bits per heavy atom. The van der Waals surface area contributed by atoms with Gasteiger partial charge >= 0.3 is 0 Å². The minimum absolute atomic E-state index is 0.116. The van der Waals surface area contributed by atoms with Crippen molar-refractivity contribution in [2.75, 3.05) is 16.0 Å². The van der Waals surface area contributed by atoms with Crippen molar-refractivity contribution in [3.8, 4) is 0 Å². The van der Waals surface area contributed by atoms with Crippen LogP contribution in [-0.4, -0.2) is 15.9 Å². The fourth-order valence-corrected chi connectivity index (χ4v) is 2.58. The van der Waals surface area contributed by atoms with Crippen molar-refractivity contribution in [2.45, 2.75) is 13.5 Å². The van der Waals surface area contributed by atoms with E-state index in [4.69, 9.17) is 11.6 Å². The summed E-state index contributed by atoms with van der Waals surface area (Å²) in [7, 11) is 0. The lowest BCUT2D eigenvalue weighted by Gasteiger charge is -2.10. The molecule has 3 aromatic rings. The number of nitrogens with one attached hydrogen (secondary N) is 3. The zero-order valence-corrected chi connectivity index (χ0v) is 14.9. The van der Waals surface area contributed by atoms with Crippen LogP contribution in [-0.2, 0) is 11.3 Å². The summed E-state index contributed by atoms with van der Waals surface area (Å²) in [5, 5.41) is 9.89. The Balaban J connectivity index is 1.67. The van der Waals surface area contributed by atoms with Crippen LogP contribution in [0.2, 0.25) is 5.02 Å². The van der Waals surface area contributed by atoms with Crippen LogP contribution >= 0.6 is 11.6 Å². The quantitative estimate of drug-likeness (QED) is 0.600. The van der Waals surface area contributed by atoms with Gasteiger partial charge in [0.2, 0.25) is 5.91 Å². The predicted octanol–water partition coefficient (Wildman–Crippen LogP) is 4.44. The van der Waals surface area contributed by atoms with E-state index in [1.165, 1.54) is 13.3 Å². The minimum Gasteiger partial charge on any atom is -0.366 e. The van der Waals surface area contributed by atoms with Crippen LogP contribution < -0.4 is 16.0 Å². The Bertz CT molecular complexity index is 916. The van der Waals surface area contributed by atoms with Gasteiger partial charge in [-0.3, -0.25) is 4.79 Å². The van der Waals surface area contributed by atoms with Gasteiger partial charge in [0.15, 0.2) is 0 Å². The number of hydrogen-bond acceptors (Lipinski definition) is 5. The smallest absolute Gasteiger partial charge is 0.221 e. The first-order valence-electron chi connectivity index (χ1n) is 8.04. The first-order valence-corrected chi connectivity index (χ1v) is 8.42. The Labute approximate surface area is 156 Å². The highest BCUT2D eigenvalue weighted by Gasteiger charge is 2.03. The maximum absolute atomic E-state index is 11.2. The molecule has 0 unspecified atom stereocenters. The molecule has 3 rings (SSSR count). The van der Waals surface area contributed by atoms with Crippen LogP contribution in [0, 0.1) is 0 Å². The third-order valence-corrected chi connectivity index (χ3v) is 3.91. The first kappa shape index (κ1) is 17.7. The number of amides is 1. The number of anilines is 4. The third-order valence-electron chi connectivity index (χ3n) is 3.54. The van der Waals surface area contributed by atoms with E-state index < -0.39 is 0 Å². The summed E-state index contributed by atoms with van der Waals surface area (Å²) >= 11 is 6.16. The topological polar surface area (TPSA) is 78.9 Å². The van der Waals surface area contributed by atoms with Gasteiger partial charge in [0.05, 0.1) is 0 Å². The van der Waals surface area contributed by atoms with Gasteiger partial charge in [-0.15, -0.1) is 0 Å². The molecule has 7 heteroatoms. The lowest BCUT2D eigenvalue weighted by Crippen LogP contribution is -2.06. The second kappa shape index (κ2) is 8.31. The lowest BCUT2D eigenvalue weighted by molar-refractivity contribution is -0.114. The Kier molecular flexibility index (Phi) is 5.66. The zero-order chi connectivity index (χ0) is 18.4. The summed E-state index contributed by atoms with van der Waals surface area (Å²) in [6.07, 6.45) is 1.48. The number of aromatic nitrogens is 2. The van der Waals surface area contributed by atoms with Gasteiger partial charge in [-0.1, -0.05) is 35.9 Å². The van der Waals surface area contributed by atoms with Crippen molar-refractivity contribution in [1.82, 2.24) is 9.97 Å². The summed E-state index contributed by atoms with van der Waals surface area (Å²) in [5.41, 5.74) is 2.52. The molecule has 0 bridgehead atoms. The van der Waals surface area contributed by atoms with Gasteiger partial charge in [0, 0.05) is 35.9 Å². The summed E-state index contributed by atoms with van der Waals surface area (Å²) in [6, 6.07) is 16.9. The second-order valence-corrected chi connectivity index (χ2v) is 6.03. The van der Waals surface area contributed by atoms with E-state index in [9.17, 15) is 4.79 Å². The van der Waals surface area contributed by atoms with Crippen LogP contribution in [0.3, 0.4) is 0 Å². The fraction of sp³-hybridized carbons (Fsp3) is 0.105. The summed E-state index contributed by atoms with van der Waals surface area (Å²) in [6.45, 7) is 2.04. The summed E-state index contributed by atoms with van der Waals surface area (Å²) < 4.78 is 0. The molecule has 2 aromatic carbocycles. The standard InChI is InChI=1S/C19H18ClN5O/c1-13(26)24-15-6-4-7-16(9-15)25-19-10-18(22-12-23-19)21-11-14-5-2-3-8-17(14)20/h2-10,12H,11H2,1H3,(H,24,26)(H2,21,22,23,25). The van der Waals surface area contributed by atoms with Crippen LogP contribution in [0.1, 0.15) is 12.5 Å². The first-order chi connectivity index (χ1) is 12.6. The normalized spacial score (nSPS) is 10.2. The highest BCUT2D eigenvalue weighted by atomic mass is 35.5. The van der Waals surface area contributed by atoms with Crippen molar-refractivity contribution in [2.24, 2.45) is 0 Å². The number of rotatable bonds is 6. The number of carbonyl (C=O) groups excluding carboxylic acids is 1. The molecule has 132 valence electrons. The average molecular weight is 368 g/mol. The van der Waals surface area contributed by atoms with Gasteiger partial charge in [-0.05, 0) is 29.8 Å². The SMILES string of the molecule is CC(=O)Nc1cccc(Nc2cc(NCc3ccccc3Cl)ncn2)c1. The number of nitrogens with zero attached hydrogens (tertiary/aromatic N) is 2. The number of benzene rings is 2. The van der Waals surface area contributed by atoms with Gasteiger partial charge in [0.25, 0.3) is 0 Å². The number of hydrogen-bond donors (Lipinski definition) is 3. The van der Waals surface area contributed by atoms with Crippen molar-refractivity contribution >= 4 is 40.5 Å².